The van der Waals surface area contributed by atoms with Crippen molar-refractivity contribution >= 4 is 5.97 Å². The number of hydrogen-bond acceptors (Lipinski definition) is 30. The number of hydrogen-bond donors (Lipinski definition) is 17. The molecular weight excluding hydrogens is 1260 g/mol. The smallest absolute Gasteiger partial charge is 0.315 e. The third-order valence-electron chi connectivity index (χ3n) is 25.1. The Hall–Kier alpha value is -1.91. The van der Waals surface area contributed by atoms with Crippen molar-refractivity contribution in [3.05, 3.63) is 11.6 Å². The number of aliphatic hydroxyl groups is 17. The summed E-state index contributed by atoms with van der Waals surface area (Å²) in [5.74, 6) is -0.659. The van der Waals surface area contributed by atoms with Crippen LogP contribution in [0.15, 0.2) is 11.6 Å². The average molecular weight is 1370 g/mol. The van der Waals surface area contributed by atoms with Crippen LogP contribution in [-0.4, -0.2) is 303 Å². The molecule has 6 saturated heterocycles. The number of fused-ring (bicyclic) bond motifs is 7. The van der Waals surface area contributed by atoms with Gasteiger partial charge in [-0.15, -0.1) is 0 Å². The van der Waals surface area contributed by atoms with Crippen LogP contribution in [-0.2, 0) is 61.6 Å². The van der Waals surface area contributed by atoms with Gasteiger partial charge in [-0.3, -0.25) is 4.79 Å². The monoisotopic (exact) mass is 1370 g/mol. The Kier molecular flexibility index (Phi) is 21.7. The molecular formula is C65H106O30. The summed E-state index contributed by atoms with van der Waals surface area (Å²) < 4.78 is 71.3. The van der Waals surface area contributed by atoms with Crippen LogP contribution in [0.1, 0.15) is 127 Å². The lowest BCUT2D eigenvalue weighted by Gasteiger charge is -2.71. The second-order valence-electron chi connectivity index (χ2n) is 31.5. The van der Waals surface area contributed by atoms with E-state index in [2.05, 4.69) is 54.5 Å². The van der Waals surface area contributed by atoms with E-state index in [-0.39, 0.29) is 40.6 Å². The summed E-state index contributed by atoms with van der Waals surface area (Å²) in [6.45, 7) is 16.4. The first-order chi connectivity index (χ1) is 44.5. The minimum atomic E-state index is -1.91. The van der Waals surface area contributed by atoms with Gasteiger partial charge < -0.3 is 144 Å². The maximum absolute atomic E-state index is 15.3. The molecule has 17 N–H and O–H groups in total. The summed E-state index contributed by atoms with van der Waals surface area (Å²) in [7, 11) is 0. The van der Waals surface area contributed by atoms with Gasteiger partial charge in [0.05, 0.1) is 50.2 Å². The van der Waals surface area contributed by atoms with Crippen molar-refractivity contribution in [3.63, 3.8) is 0 Å². The van der Waals surface area contributed by atoms with E-state index < -0.39 is 226 Å². The SMILES string of the molecule is C[C@@H]1O[C@@H](OC[C@H]2O[C@@H](O[C@H]3[C@H](O[C@H]4CC[C@]5(C)[C@H]6CC=C7[C@H]8CC(C)(C)CC[C@]8(C(=O)O[C@@H]8O[C@H](CO[C@@H]9O[C@H](CO)[C@@H](O[C@@H]%10O[C@@H](C)[C@H](O)[C@@H](O)[C@H]%10O)[C@H](O)[C@H]9O)[C@@H](O)[C@H](O)[C@H]8O)CC[C@@]7(C)[C@]6(C)CC[C@H]5C4(C)C)OC[C@H](O)[C@@H]3O)[C@H](O)[C@@H](O)[C@@H]2O)[C@H](O)[C@H](O)[C@H]1O. The van der Waals surface area contributed by atoms with Crippen LogP contribution in [0.4, 0.5) is 0 Å². The molecule has 0 radical (unpaired) electrons. The van der Waals surface area contributed by atoms with Gasteiger partial charge in [-0.25, -0.2) is 0 Å². The summed E-state index contributed by atoms with van der Waals surface area (Å²) in [6, 6.07) is 0. The fourth-order valence-electron chi connectivity index (χ4n) is 18.9. The molecule has 30 nitrogen and oxygen atoms in total. The van der Waals surface area contributed by atoms with Crippen LogP contribution >= 0.6 is 0 Å². The lowest BCUT2D eigenvalue weighted by atomic mass is 9.33. The molecule has 30 heteroatoms. The summed E-state index contributed by atoms with van der Waals surface area (Å²) in [6.07, 6.45) is -38.2. The van der Waals surface area contributed by atoms with E-state index in [1.807, 2.05) is 0 Å². The van der Waals surface area contributed by atoms with Gasteiger partial charge >= 0.3 is 5.97 Å². The number of aliphatic hydroxyl groups excluding tert-OH is 17. The van der Waals surface area contributed by atoms with Crippen molar-refractivity contribution in [2.24, 2.45) is 50.2 Å². The maximum atomic E-state index is 15.3. The number of ether oxygens (including phenoxy) is 12. The van der Waals surface area contributed by atoms with E-state index in [0.29, 0.717) is 44.9 Å². The Labute approximate surface area is 551 Å². The van der Waals surface area contributed by atoms with Crippen LogP contribution in [0.2, 0.25) is 0 Å². The van der Waals surface area contributed by atoms with E-state index in [0.717, 1.165) is 19.3 Å². The first kappa shape index (κ1) is 74.3. The van der Waals surface area contributed by atoms with Gasteiger partial charge in [-0.05, 0) is 123 Å². The standard InChI is InChI=1S/C65H106O30/c1-25-36(68)41(73)46(78)53(87-25)85-23-31-39(71)43(75)48(80)56(90-31)94-52-38(70)29(67)22-84-58(52)92-35-13-14-62(7)33(61(35,5)6)12-15-64(9)34(62)11-10-27-28-20-60(3,4)16-18-65(28,19-17-63(27,64)8)59(83)95-57-49(81)44(76)40(72)32(91-57)24-86-54-50(82)45(77)51(30(21-66)89-54)93-55-47(79)42(74)37(69)26(2)88-55/h10,25-26,28-58,66-82H,11-24H2,1-9H3/t25-,26-,28+,29-,30+,31+,32+,33-,34+,35-,36-,37-,38-,39+,40+,41+,42+,43-,44-,45+,46+,47+,48+,49+,50+,51+,52+,53+,54+,55-,56-,57-,58-,62-,63+,64+,65-/m0/s1. The Morgan fingerprint density at radius 3 is 1.61 bits per heavy atom. The summed E-state index contributed by atoms with van der Waals surface area (Å²) in [4.78, 5) is 15.3. The molecule has 546 valence electrons. The van der Waals surface area contributed by atoms with E-state index in [4.69, 9.17) is 56.8 Å². The predicted octanol–water partition coefficient (Wildman–Crippen LogP) is -3.69. The van der Waals surface area contributed by atoms with Gasteiger partial charge in [0.15, 0.2) is 31.5 Å². The molecule has 0 aromatic rings. The zero-order chi connectivity index (χ0) is 69.3. The van der Waals surface area contributed by atoms with Crippen molar-refractivity contribution in [1.29, 1.82) is 0 Å². The van der Waals surface area contributed by atoms with E-state index in [9.17, 15) is 86.8 Å². The lowest BCUT2D eigenvalue weighted by Crippen LogP contribution is -2.66. The van der Waals surface area contributed by atoms with Gasteiger partial charge in [-0.1, -0.05) is 60.1 Å². The third kappa shape index (κ3) is 13.0. The van der Waals surface area contributed by atoms with Gasteiger partial charge in [0.25, 0.3) is 0 Å². The quantitative estimate of drug-likeness (QED) is 0.0426. The minimum absolute atomic E-state index is 0.0894. The van der Waals surface area contributed by atoms with Crippen LogP contribution in [0.25, 0.3) is 0 Å². The number of allylic oxidation sites excluding steroid dienone is 2. The summed E-state index contributed by atoms with van der Waals surface area (Å²) >= 11 is 0. The molecule has 11 aliphatic rings. The average Bonchev–Trinajstić information content (AvgIpc) is 0.676. The molecule has 5 aliphatic carbocycles. The van der Waals surface area contributed by atoms with Gasteiger partial charge in [0.1, 0.15) is 128 Å². The van der Waals surface area contributed by atoms with Crippen LogP contribution in [0.3, 0.4) is 0 Å². The summed E-state index contributed by atoms with van der Waals surface area (Å²) in [5.41, 5.74) is -1.51. The molecule has 6 aliphatic heterocycles. The second kappa shape index (κ2) is 27.7. The number of rotatable bonds is 15. The highest BCUT2D eigenvalue weighted by Crippen LogP contribution is 2.76. The minimum Gasteiger partial charge on any atom is -0.432 e. The molecule has 0 amide bonds. The number of carbonyl (C=O) groups is 1. The van der Waals surface area contributed by atoms with Gasteiger partial charge in [0, 0.05) is 0 Å². The third-order valence-corrected chi connectivity index (χ3v) is 25.1. The molecule has 0 aromatic carbocycles. The number of carbonyl (C=O) groups excluding carboxylic acids is 1. The number of esters is 1. The second-order valence-corrected chi connectivity index (χ2v) is 31.5. The first-order valence-corrected chi connectivity index (χ1v) is 34.0. The van der Waals surface area contributed by atoms with Gasteiger partial charge in [0.2, 0.25) is 6.29 Å². The molecule has 0 bridgehead atoms. The Bertz CT molecular complexity index is 2670. The zero-order valence-electron chi connectivity index (χ0n) is 55.4. The summed E-state index contributed by atoms with van der Waals surface area (Å²) in [5, 5.41) is 184. The lowest BCUT2D eigenvalue weighted by molar-refractivity contribution is -0.371. The fraction of sp³-hybridized carbons (Fsp3) is 0.954. The Morgan fingerprint density at radius 1 is 0.495 bits per heavy atom. The molecule has 6 heterocycles. The van der Waals surface area contributed by atoms with E-state index >= 15 is 4.79 Å². The Balaban J connectivity index is 0.756. The maximum Gasteiger partial charge on any atom is 0.315 e. The fourth-order valence-corrected chi connectivity index (χ4v) is 18.9. The largest absolute Gasteiger partial charge is 0.432 e. The van der Waals surface area contributed by atoms with Crippen LogP contribution < -0.4 is 0 Å². The molecule has 4 saturated carbocycles. The van der Waals surface area contributed by atoms with E-state index in [1.54, 1.807) is 0 Å². The van der Waals surface area contributed by atoms with Crippen LogP contribution in [0.5, 0.6) is 0 Å². The Morgan fingerprint density at radius 2 is 1.00 bits per heavy atom. The molecule has 37 atom stereocenters. The molecule has 10 fully saturated rings. The topological polar surface area (TPSA) is 472 Å². The van der Waals surface area contributed by atoms with Crippen molar-refractivity contribution in [2.75, 3.05) is 26.4 Å². The first-order valence-electron chi connectivity index (χ1n) is 34.0. The van der Waals surface area contributed by atoms with Crippen molar-refractivity contribution in [3.8, 4) is 0 Å². The molecule has 95 heavy (non-hydrogen) atoms. The molecule has 0 unspecified atom stereocenters. The highest BCUT2D eigenvalue weighted by Gasteiger charge is 2.70. The normalized spacial score (nSPS) is 54.6. The van der Waals surface area contributed by atoms with Crippen molar-refractivity contribution in [1.82, 2.24) is 0 Å². The predicted molar refractivity (Wildman–Crippen MR) is 319 cm³/mol. The molecule has 0 spiro atoms. The van der Waals surface area contributed by atoms with E-state index in [1.165, 1.54) is 19.4 Å². The molecule has 0 aromatic heterocycles. The van der Waals surface area contributed by atoms with Crippen molar-refractivity contribution in [2.45, 2.75) is 311 Å². The van der Waals surface area contributed by atoms with Crippen molar-refractivity contribution < 1.29 is 148 Å². The van der Waals surface area contributed by atoms with Crippen LogP contribution in [0, 0.1) is 50.2 Å². The molecule has 11 rings (SSSR count). The van der Waals surface area contributed by atoms with Gasteiger partial charge in [-0.2, -0.15) is 0 Å². The zero-order valence-corrected chi connectivity index (χ0v) is 55.4. The highest BCUT2D eigenvalue weighted by atomic mass is 16.8. The highest BCUT2D eigenvalue weighted by molar-refractivity contribution is 5.79.